The minimum atomic E-state index is -0.923. The normalized spacial score (nSPS) is 19.5. The molecule has 1 atom stereocenters. The first-order chi connectivity index (χ1) is 9.60. The van der Waals surface area contributed by atoms with Gasteiger partial charge in [-0.25, -0.2) is 0 Å². The summed E-state index contributed by atoms with van der Waals surface area (Å²) in [5.41, 5.74) is 6.94. The molecule has 1 saturated carbocycles. The highest BCUT2D eigenvalue weighted by molar-refractivity contribution is 5.82. The molecule has 110 valence electrons. The van der Waals surface area contributed by atoms with Crippen molar-refractivity contribution in [2.75, 3.05) is 6.54 Å². The summed E-state index contributed by atoms with van der Waals surface area (Å²) in [6, 6.07) is 7.77. The molecule has 0 bridgehead atoms. The summed E-state index contributed by atoms with van der Waals surface area (Å²) in [5.74, 6) is -0.289. The zero-order valence-corrected chi connectivity index (χ0v) is 12.3. The van der Waals surface area contributed by atoms with Crippen LogP contribution < -0.4 is 5.73 Å². The molecule has 1 aliphatic rings. The molecule has 0 heterocycles. The Balaban J connectivity index is 2.34. The molecule has 0 radical (unpaired) electrons. The molecule has 1 aromatic carbocycles. The van der Waals surface area contributed by atoms with Crippen LogP contribution in [0.25, 0.3) is 0 Å². The molecule has 3 heteroatoms. The van der Waals surface area contributed by atoms with Gasteiger partial charge in [-0.1, -0.05) is 56.4 Å². The van der Waals surface area contributed by atoms with Crippen molar-refractivity contribution in [2.24, 2.45) is 11.7 Å². The molecule has 0 aliphatic heterocycles. The van der Waals surface area contributed by atoms with Crippen molar-refractivity contribution in [2.45, 2.75) is 50.9 Å². The summed E-state index contributed by atoms with van der Waals surface area (Å²) >= 11 is 0. The van der Waals surface area contributed by atoms with Gasteiger partial charge in [-0.05, 0) is 30.4 Å². The fraction of sp³-hybridized carbons (Fsp3) is 0.588. The number of carbonyl (C=O) groups is 1. The Kier molecular flexibility index (Phi) is 4.81. The van der Waals surface area contributed by atoms with Crippen molar-refractivity contribution in [3.63, 3.8) is 0 Å². The lowest BCUT2D eigenvalue weighted by Crippen LogP contribution is -2.45. The minimum Gasteiger partial charge on any atom is -0.481 e. The smallest absolute Gasteiger partial charge is 0.315 e. The first-order valence-corrected chi connectivity index (χ1v) is 7.60. The van der Waals surface area contributed by atoms with E-state index in [1.54, 1.807) is 0 Å². The Bertz CT molecular complexity index is 466. The molecule has 2 rings (SSSR count). The number of hydrogen-bond donors (Lipinski definition) is 2. The SMILES string of the molecule is Cc1ccccc1C(CN)(CC1CCCCC1)C(=O)O. The molecule has 1 aliphatic carbocycles. The fourth-order valence-electron chi connectivity index (χ4n) is 3.59. The van der Waals surface area contributed by atoms with Gasteiger partial charge in [0.15, 0.2) is 0 Å². The maximum absolute atomic E-state index is 12.0. The highest BCUT2D eigenvalue weighted by Crippen LogP contribution is 2.38. The van der Waals surface area contributed by atoms with Crippen molar-refractivity contribution in [1.82, 2.24) is 0 Å². The van der Waals surface area contributed by atoms with Crippen molar-refractivity contribution in [3.05, 3.63) is 35.4 Å². The summed E-state index contributed by atoms with van der Waals surface area (Å²) in [6.07, 6.45) is 6.67. The molecule has 0 aromatic heterocycles. The van der Waals surface area contributed by atoms with E-state index in [4.69, 9.17) is 5.73 Å². The van der Waals surface area contributed by atoms with E-state index in [1.165, 1.54) is 19.3 Å². The van der Waals surface area contributed by atoms with Crippen LogP contribution in [0.3, 0.4) is 0 Å². The lowest BCUT2D eigenvalue weighted by Gasteiger charge is -2.35. The molecule has 0 saturated heterocycles. The molecular weight excluding hydrogens is 250 g/mol. The van der Waals surface area contributed by atoms with Crippen molar-refractivity contribution in [1.29, 1.82) is 0 Å². The third kappa shape index (κ3) is 2.88. The largest absolute Gasteiger partial charge is 0.481 e. The zero-order valence-electron chi connectivity index (χ0n) is 12.3. The van der Waals surface area contributed by atoms with Crippen LogP contribution in [0.5, 0.6) is 0 Å². The van der Waals surface area contributed by atoms with Gasteiger partial charge in [-0.3, -0.25) is 4.79 Å². The number of rotatable bonds is 5. The summed E-state index contributed by atoms with van der Waals surface area (Å²) in [6.45, 7) is 2.15. The van der Waals surface area contributed by atoms with Crippen molar-refractivity contribution < 1.29 is 9.90 Å². The number of benzene rings is 1. The average Bonchev–Trinajstić information content (AvgIpc) is 2.46. The van der Waals surface area contributed by atoms with Crippen LogP contribution in [-0.2, 0) is 10.2 Å². The third-order valence-electron chi connectivity index (χ3n) is 4.78. The van der Waals surface area contributed by atoms with E-state index in [-0.39, 0.29) is 6.54 Å². The molecular formula is C17H25NO2. The molecule has 1 fully saturated rings. The number of aryl methyl sites for hydroxylation is 1. The monoisotopic (exact) mass is 275 g/mol. The fourth-order valence-corrected chi connectivity index (χ4v) is 3.59. The van der Waals surface area contributed by atoms with Crippen LogP contribution in [0.15, 0.2) is 24.3 Å². The number of aliphatic carboxylic acids is 1. The van der Waals surface area contributed by atoms with Gasteiger partial charge < -0.3 is 10.8 Å². The second kappa shape index (κ2) is 6.40. The lowest BCUT2D eigenvalue weighted by atomic mass is 9.69. The number of carboxylic acids is 1. The Morgan fingerprint density at radius 3 is 2.50 bits per heavy atom. The van der Waals surface area contributed by atoms with Crippen LogP contribution in [0.2, 0.25) is 0 Å². The number of carboxylic acid groups (broad SMARTS) is 1. The van der Waals surface area contributed by atoms with Gasteiger partial charge >= 0.3 is 5.97 Å². The van der Waals surface area contributed by atoms with E-state index in [0.29, 0.717) is 12.3 Å². The third-order valence-corrected chi connectivity index (χ3v) is 4.78. The molecule has 20 heavy (non-hydrogen) atoms. The molecule has 1 aromatic rings. The molecule has 3 N–H and O–H groups in total. The van der Waals surface area contributed by atoms with Gasteiger partial charge in [0.25, 0.3) is 0 Å². The maximum Gasteiger partial charge on any atom is 0.315 e. The van der Waals surface area contributed by atoms with Gasteiger partial charge in [0.1, 0.15) is 5.41 Å². The summed E-state index contributed by atoms with van der Waals surface area (Å²) in [5, 5.41) is 9.85. The predicted octanol–water partition coefficient (Wildman–Crippen LogP) is 3.25. The Hall–Kier alpha value is -1.35. The Labute approximate surface area is 121 Å². The highest BCUT2D eigenvalue weighted by atomic mass is 16.4. The Morgan fingerprint density at radius 2 is 1.95 bits per heavy atom. The van der Waals surface area contributed by atoms with Crippen molar-refractivity contribution in [3.8, 4) is 0 Å². The van der Waals surface area contributed by atoms with E-state index in [0.717, 1.165) is 24.0 Å². The lowest BCUT2D eigenvalue weighted by molar-refractivity contribution is -0.144. The summed E-state index contributed by atoms with van der Waals surface area (Å²) in [4.78, 5) is 12.0. The zero-order chi connectivity index (χ0) is 14.6. The second-order valence-corrected chi connectivity index (χ2v) is 6.11. The van der Waals surface area contributed by atoms with Gasteiger partial charge in [0.2, 0.25) is 0 Å². The average molecular weight is 275 g/mol. The minimum absolute atomic E-state index is 0.170. The summed E-state index contributed by atoms with van der Waals surface area (Å²) < 4.78 is 0. The van der Waals surface area contributed by atoms with Crippen LogP contribution >= 0.6 is 0 Å². The maximum atomic E-state index is 12.0. The van der Waals surface area contributed by atoms with Gasteiger partial charge in [0, 0.05) is 6.54 Å². The molecule has 0 amide bonds. The standard InChI is InChI=1S/C17H25NO2/c1-13-7-5-6-10-15(13)17(12-18,16(19)20)11-14-8-3-2-4-9-14/h5-7,10,14H,2-4,8-9,11-12,18H2,1H3,(H,19,20). The van der Waals surface area contributed by atoms with E-state index >= 15 is 0 Å². The topological polar surface area (TPSA) is 63.3 Å². The first-order valence-electron chi connectivity index (χ1n) is 7.60. The van der Waals surface area contributed by atoms with Crippen LogP contribution in [-0.4, -0.2) is 17.6 Å². The first kappa shape index (κ1) is 15.0. The van der Waals surface area contributed by atoms with E-state index in [1.807, 2.05) is 31.2 Å². The van der Waals surface area contributed by atoms with E-state index < -0.39 is 11.4 Å². The second-order valence-electron chi connectivity index (χ2n) is 6.11. The number of hydrogen-bond acceptors (Lipinski definition) is 2. The van der Waals surface area contributed by atoms with Crippen LogP contribution in [0, 0.1) is 12.8 Å². The van der Waals surface area contributed by atoms with Gasteiger partial charge in [-0.15, -0.1) is 0 Å². The van der Waals surface area contributed by atoms with E-state index in [2.05, 4.69) is 0 Å². The summed E-state index contributed by atoms with van der Waals surface area (Å²) in [7, 11) is 0. The number of nitrogens with two attached hydrogens (primary N) is 1. The highest BCUT2D eigenvalue weighted by Gasteiger charge is 2.42. The van der Waals surface area contributed by atoms with Gasteiger partial charge in [-0.2, -0.15) is 0 Å². The van der Waals surface area contributed by atoms with Crippen molar-refractivity contribution >= 4 is 5.97 Å². The Morgan fingerprint density at radius 1 is 1.30 bits per heavy atom. The molecule has 3 nitrogen and oxygen atoms in total. The predicted molar refractivity (Wildman–Crippen MR) is 80.7 cm³/mol. The van der Waals surface area contributed by atoms with Crippen LogP contribution in [0.4, 0.5) is 0 Å². The van der Waals surface area contributed by atoms with Gasteiger partial charge in [0.05, 0.1) is 0 Å². The van der Waals surface area contributed by atoms with E-state index in [9.17, 15) is 9.90 Å². The quantitative estimate of drug-likeness (QED) is 0.867. The molecule has 0 spiro atoms. The van der Waals surface area contributed by atoms with Crippen LogP contribution in [0.1, 0.15) is 49.7 Å². The molecule has 1 unspecified atom stereocenters.